The van der Waals surface area contributed by atoms with Crippen molar-refractivity contribution in [2.24, 2.45) is 0 Å². The van der Waals surface area contributed by atoms with E-state index < -0.39 is 0 Å². The van der Waals surface area contributed by atoms with Crippen molar-refractivity contribution >= 4 is 40.3 Å². The van der Waals surface area contributed by atoms with Gasteiger partial charge in [-0.3, -0.25) is 14.6 Å². The molecule has 2 aliphatic heterocycles. The largest absolute Gasteiger partial charge is 0.379 e. The zero-order valence-corrected chi connectivity index (χ0v) is 13.2. The lowest BCUT2D eigenvalue weighted by molar-refractivity contribution is -0.124. The van der Waals surface area contributed by atoms with Gasteiger partial charge in [0.15, 0.2) is 0 Å². The van der Waals surface area contributed by atoms with E-state index in [1.807, 2.05) is 36.4 Å². The van der Waals surface area contributed by atoms with E-state index in [9.17, 15) is 4.79 Å². The van der Waals surface area contributed by atoms with Crippen molar-refractivity contribution in [2.45, 2.75) is 0 Å². The van der Waals surface area contributed by atoms with Crippen LogP contribution in [0.5, 0.6) is 0 Å². The number of nitrogens with zero attached hydrogens (tertiary/aromatic N) is 2. The molecular weight excluding hydrogens is 304 g/mol. The molecule has 0 aliphatic carbocycles. The Morgan fingerprint density at radius 3 is 2.67 bits per heavy atom. The molecule has 1 amide bonds. The number of carbonyl (C=O) groups excluding carboxylic acids is 1. The Morgan fingerprint density at radius 1 is 1.24 bits per heavy atom. The molecule has 2 fully saturated rings. The van der Waals surface area contributed by atoms with Crippen molar-refractivity contribution in [3.63, 3.8) is 0 Å². The third-order valence-electron chi connectivity index (χ3n) is 3.42. The van der Waals surface area contributed by atoms with Crippen LogP contribution in [0.4, 0.5) is 0 Å². The number of hydrogen-bond donors (Lipinski definition) is 0. The average Bonchev–Trinajstić information content (AvgIpc) is 2.77. The predicted molar refractivity (Wildman–Crippen MR) is 88.7 cm³/mol. The first-order valence-corrected chi connectivity index (χ1v) is 8.07. The molecule has 1 aromatic carbocycles. The van der Waals surface area contributed by atoms with Crippen LogP contribution >= 0.6 is 24.0 Å². The molecule has 0 atom stereocenters. The molecule has 0 saturated carbocycles. The van der Waals surface area contributed by atoms with Crippen LogP contribution in [0.25, 0.3) is 6.08 Å². The minimum absolute atomic E-state index is 0.000319. The maximum absolute atomic E-state index is 12.5. The molecule has 6 heteroatoms. The summed E-state index contributed by atoms with van der Waals surface area (Å²) in [5.74, 6) is 0.000319. The number of carbonyl (C=O) groups is 1. The fraction of sp³-hybridized carbons (Fsp3) is 0.333. The van der Waals surface area contributed by atoms with Crippen molar-refractivity contribution in [3.8, 4) is 0 Å². The van der Waals surface area contributed by atoms with Crippen LogP contribution in [0.15, 0.2) is 35.2 Å². The molecule has 4 nitrogen and oxygen atoms in total. The molecule has 110 valence electrons. The van der Waals surface area contributed by atoms with E-state index in [0.717, 1.165) is 18.7 Å². The van der Waals surface area contributed by atoms with E-state index in [4.69, 9.17) is 17.0 Å². The smallest absolute Gasteiger partial charge is 0.267 e. The topological polar surface area (TPSA) is 32.8 Å². The number of rotatable bonds is 3. The first-order chi connectivity index (χ1) is 10.2. The second kappa shape index (κ2) is 6.70. The second-order valence-electron chi connectivity index (χ2n) is 4.89. The quantitative estimate of drug-likeness (QED) is 0.630. The molecule has 0 unspecified atom stereocenters. The number of hydrogen-bond acceptors (Lipinski definition) is 5. The zero-order chi connectivity index (χ0) is 14.7. The van der Waals surface area contributed by atoms with E-state index in [-0.39, 0.29) is 5.91 Å². The lowest BCUT2D eigenvalue weighted by Crippen LogP contribution is -2.45. The van der Waals surface area contributed by atoms with Gasteiger partial charge in [-0.1, -0.05) is 54.3 Å². The average molecular weight is 320 g/mol. The Bertz CT molecular complexity index is 568. The Kier molecular flexibility index (Phi) is 4.70. The van der Waals surface area contributed by atoms with Gasteiger partial charge in [-0.2, -0.15) is 0 Å². The fourth-order valence-corrected chi connectivity index (χ4v) is 3.51. The molecule has 0 bridgehead atoms. The van der Waals surface area contributed by atoms with Crippen molar-refractivity contribution in [1.82, 2.24) is 9.80 Å². The van der Waals surface area contributed by atoms with Crippen LogP contribution in [0, 0.1) is 0 Å². The summed E-state index contributed by atoms with van der Waals surface area (Å²) < 4.78 is 5.96. The minimum atomic E-state index is 0.000319. The third-order valence-corrected chi connectivity index (χ3v) is 4.79. The molecule has 1 aromatic rings. The van der Waals surface area contributed by atoms with E-state index in [2.05, 4.69) is 4.90 Å². The second-order valence-corrected chi connectivity index (χ2v) is 6.57. The summed E-state index contributed by atoms with van der Waals surface area (Å²) in [5.41, 5.74) is 1.02. The molecule has 2 heterocycles. The van der Waals surface area contributed by atoms with Crippen molar-refractivity contribution in [3.05, 3.63) is 40.8 Å². The Morgan fingerprint density at radius 2 is 1.95 bits per heavy atom. The van der Waals surface area contributed by atoms with Crippen LogP contribution in [0.3, 0.4) is 0 Å². The molecule has 0 spiro atoms. The lowest BCUT2D eigenvalue weighted by atomic mass is 10.2. The highest BCUT2D eigenvalue weighted by Crippen LogP contribution is 2.32. The standard InChI is InChI=1S/C15H16N2O2S2/c18-14-13(10-12-4-2-1-3-5-12)21-15(20)17(14)11-16-6-8-19-9-7-16/h1-5,10H,6-9,11H2/b13-10-. The summed E-state index contributed by atoms with van der Waals surface area (Å²) in [7, 11) is 0. The lowest BCUT2D eigenvalue weighted by Gasteiger charge is -2.29. The number of morpholine rings is 1. The summed E-state index contributed by atoms with van der Waals surface area (Å²) in [6, 6.07) is 9.84. The summed E-state index contributed by atoms with van der Waals surface area (Å²) in [4.78, 5) is 17.1. The first kappa shape index (κ1) is 14.7. The van der Waals surface area contributed by atoms with Crippen LogP contribution < -0.4 is 0 Å². The highest BCUT2D eigenvalue weighted by molar-refractivity contribution is 8.26. The first-order valence-electron chi connectivity index (χ1n) is 6.84. The highest BCUT2D eigenvalue weighted by Gasteiger charge is 2.33. The molecule has 3 rings (SSSR count). The molecule has 0 radical (unpaired) electrons. The van der Waals surface area contributed by atoms with Gasteiger partial charge in [0.05, 0.1) is 24.8 Å². The molecule has 2 saturated heterocycles. The minimum Gasteiger partial charge on any atom is -0.379 e. The van der Waals surface area contributed by atoms with E-state index in [1.165, 1.54) is 11.8 Å². The molecule has 21 heavy (non-hydrogen) atoms. The zero-order valence-electron chi connectivity index (χ0n) is 11.5. The maximum atomic E-state index is 12.5. The van der Waals surface area contributed by atoms with Gasteiger partial charge in [0, 0.05) is 13.1 Å². The highest BCUT2D eigenvalue weighted by atomic mass is 32.2. The maximum Gasteiger partial charge on any atom is 0.267 e. The SMILES string of the molecule is O=C1/C(=C/c2ccccc2)SC(=S)N1CN1CCOCC1. The Balaban J connectivity index is 1.71. The van der Waals surface area contributed by atoms with Gasteiger partial charge in [0.2, 0.25) is 0 Å². The fourth-order valence-electron chi connectivity index (χ4n) is 2.27. The summed E-state index contributed by atoms with van der Waals surface area (Å²) in [6.07, 6.45) is 1.90. The molecule has 0 aromatic heterocycles. The predicted octanol–water partition coefficient (Wildman–Crippen LogP) is 2.18. The van der Waals surface area contributed by atoms with Gasteiger partial charge >= 0.3 is 0 Å². The van der Waals surface area contributed by atoms with Crippen molar-refractivity contribution in [2.75, 3.05) is 33.0 Å². The number of benzene rings is 1. The van der Waals surface area contributed by atoms with Gasteiger partial charge in [-0.05, 0) is 11.6 Å². The number of thiocarbonyl (C=S) groups is 1. The van der Waals surface area contributed by atoms with E-state index in [0.29, 0.717) is 29.1 Å². The van der Waals surface area contributed by atoms with E-state index in [1.54, 1.807) is 4.90 Å². The number of amides is 1. The van der Waals surface area contributed by atoms with Crippen LogP contribution in [0.1, 0.15) is 5.56 Å². The van der Waals surface area contributed by atoms with Crippen LogP contribution in [0.2, 0.25) is 0 Å². The summed E-state index contributed by atoms with van der Waals surface area (Å²) in [6.45, 7) is 3.67. The van der Waals surface area contributed by atoms with Gasteiger partial charge in [-0.25, -0.2) is 0 Å². The monoisotopic (exact) mass is 320 g/mol. The van der Waals surface area contributed by atoms with Gasteiger partial charge < -0.3 is 4.74 Å². The normalized spacial score (nSPS) is 22.3. The van der Waals surface area contributed by atoms with Gasteiger partial charge in [0.1, 0.15) is 4.32 Å². The molecular formula is C15H16N2O2S2. The van der Waals surface area contributed by atoms with Gasteiger partial charge in [-0.15, -0.1) is 0 Å². The molecule has 0 N–H and O–H groups in total. The van der Waals surface area contributed by atoms with Crippen molar-refractivity contribution in [1.29, 1.82) is 0 Å². The summed E-state index contributed by atoms with van der Waals surface area (Å²) >= 11 is 6.72. The number of thioether (sulfide) groups is 1. The molecule has 2 aliphatic rings. The van der Waals surface area contributed by atoms with Crippen LogP contribution in [-0.2, 0) is 9.53 Å². The Labute approximate surface area is 133 Å². The van der Waals surface area contributed by atoms with Gasteiger partial charge in [0.25, 0.3) is 5.91 Å². The summed E-state index contributed by atoms with van der Waals surface area (Å²) in [5, 5.41) is 0. The number of ether oxygens (including phenoxy) is 1. The van der Waals surface area contributed by atoms with E-state index >= 15 is 0 Å². The van der Waals surface area contributed by atoms with Crippen molar-refractivity contribution < 1.29 is 9.53 Å². The van der Waals surface area contributed by atoms with Crippen LogP contribution in [-0.4, -0.2) is 53.0 Å². The Hall–Kier alpha value is -1.21. The third kappa shape index (κ3) is 3.52.